The van der Waals surface area contributed by atoms with Crippen LogP contribution in [0.5, 0.6) is 0 Å². The second-order valence-electron chi connectivity index (χ2n) is 4.33. The average molecular weight is 251 g/mol. The number of benzene rings is 1. The molecule has 0 fully saturated rings. The fourth-order valence-corrected chi connectivity index (χ4v) is 2.17. The molecule has 0 aliphatic carbocycles. The van der Waals surface area contributed by atoms with Crippen molar-refractivity contribution in [3.05, 3.63) is 65.9 Å². The van der Waals surface area contributed by atoms with Gasteiger partial charge in [-0.25, -0.2) is 9.97 Å². The molecule has 4 nitrogen and oxygen atoms in total. The Hall–Kier alpha value is -2.49. The maximum atomic E-state index is 11.0. The Morgan fingerprint density at radius 3 is 2.74 bits per heavy atom. The molecule has 94 valence electrons. The average Bonchev–Trinajstić information content (AvgIpc) is 2.84. The van der Waals surface area contributed by atoms with E-state index in [9.17, 15) is 4.79 Å². The van der Waals surface area contributed by atoms with Crippen LogP contribution in [0.25, 0.3) is 5.65 Å². The van der Waals surface area contributed by atoms with E-state index in [0.717, 1.165) is 25.0 Å². The second kappa shape index (κ2) is 5.02. The third kappa shape index (κ3) is 2.25. The van der Waals surface area contributed by atoms with Gasteiger partial charge in [-0.15, -0.1) is 0 Å². The van der Waals surface area contributed by atoms with E-state index >= 15 is 0 Å². The molecular formula is C15H13N3O. The molecule has 4 heteroatoms. The van der Waals surface area contributed by atoms with Crippen molar-refractivity contribution >= 4 is 11.9 Å². The number of aryl methyl sites for hydroxylation is 2. The zero-order chi connectivity index (χ0) is 13.1. The summed E-state index contributed by atoms with van der Waals surface area (Å²) in [5.74, 6) is 0.869. The largest absolute Gasteiger partial charge is 0.296 e. The highest BCUT2D eigenvalue weighted by atomic mass is 16.1. The van der Waals surface area contributed by atoms with Crippen LogP contribution in [0, 0.1) is 0 Å². The van der Waals surface area contributed by atoms with Crippen molar-refractivity contribution in [2.75, 3.05) is 0 Å². The van der Waals surface area contributed by atoms with Gasteiger partial charge in [0.2, 0.25) is 0 Å². The molecule has 0 saturated heterocycles. The first kappa shape index (κ1) is 11.6. The van der Waals surface area contributed by atoms with E-state index in [1.807, 2.05) is 34.9 Å². The minimum Gasteiger partial charge on any atom is -0.296 e. The van der Waals surface area contributed by atoms with Crippen LogP contribution in [-0.2, 0) is 12.8 Å². The molecule has 0 saturated carbocycles. The van der Waals surface area contributed by atoms with Crippen molar-refractivity contribution in [1.29, 1.82) is 0 Å². The molecule has 0 unspecified atom stereocenters. The fraction of sp³-hybridized carbons (Fsp3) is 0.133. The first-order valence-corrected chi connectivity index (χ1v) is 6.19. The SMILES string of the molecule is O=Cc1nc(CCc2ccccc2)n2cccnc12. The van der Waals surface area contributed by atoms with Crippen LogP contribution in [0.2, 0.25) is 0 Å². The van der Waals surface area contributed by atoms with Crippen LogP contribution in [0.3, 0.4) is 0 Å². The number of imidazole rings is 1. The normalized spacial score (nSPS) is 10.7. The predicted octanol–water partition coefficient (Wildman–Crippen LogP) is 2.33. The van der Waals surface area contributed by atoms with Gasteiger partial charge in [0.15, 0.2) is 11.9 Å². The van der Waals surface area contributed by atoms with Gasteiger partial charge in [0.05, 0.1) is 0 Å². The first-order valence-electron chi connectivity index (χ1n) is 6.19. The van der Waals surface area contributed by atoms with E-state index in [1.165, 1.54) is 5.56 Å². The Morgan fingerprint density at radius 1 is 1.11 bits per heavy atom. The zero-order valence-corrected chi connectivity index (χ0v) is 10.4. The van der Waals surface area contributed by atoms with E-state index in [-0.39, 0.29) is 0 Å². The van der Waals surface area contributed by atoms with Gasteiger partial charge in [-0.2, -0.15) is 0 Å². The summed E-state index contributed by atoms with van der Waals surface area (Å²) >= 11 is 0. The summed E-state index contributed by atoms with van der Waals surface area (Å²) in [7, 11) is 0. The van der Waals surface area contributed by atoms with Crippen molar-refractivity contribution in [2.24, 2.45) is 0 Å². The minimum absolute atomic E-state index is 0.406. The second-order valence-corrected chi connectivity index (χ2v) is 4.33. The molecule has 2 heterocycles. The molecule has 3 rings (SSSR count). The van der Waals surface area contributed by atoms with Crippen LogP contribution >= 0.6 is 0 Å². The maximum Gasteiger partial charge on any atom is 0.172 e. The van der Waals surface area contributed by atoms with Crippen LogP contribution in [0.15, 0.2) is 48.8 Å². The maximum absolute atomic E-state index is 11.0. The Labute approximate surface area is 110 Å². The standard InChI is InChI=1S/C15H13N3O/c19-11-13-15-16-9-4-10-18(15)14(17-13)8-7-12-5-2-1-3-6-12/h1-6,9-11H,7-8H2. The Morgan fingerprint density at radius 2 is 1.95 bits per heavy atom. The molecule has 0 N–H and O–H groups in total. The van der Waals surface area contributed by atoms with Crippen molar-refractivity contribution in [2.45, 2.75) is 12.8 Å². The summed E-state index contributed by atoms with van der Waals surface area (Å²) in [4.78, 5) is 19.5. The molecule has 0 spiro atoms. The lowest BCUT2D eigenvalue weighted by Crippen LogP contribution is -1.98. The lowest BCUT2D eigenvalue weighted by molar-refractivity contribution is 0.112. The number of carbonyl (C=O) groups excluding carboxylic acids is 1. The topological polar surface area (TPSA) is 47.3 Å². The third-order valence-electron chi connectivity index (χ3n) is 3.09. The van der Waals surface area contributed by atoms with Gasteiger partial charge in [-0.05, 0) is 18.1 Å². The van der Waals surface area contributed by atoms with Gasteiger partial charge in [-0.3, -0.25) is 9.20 Å². The number of fused-ring (bicyclic) bond motifs is 1. The van der Waals surface area contributed by atoms with Crippen LogP contribution < -0.4 is 0 Å². The summed E-state index contributed by atoms with van der Waals surface area (Å²) in [6.45, 7) is 0. The van der Waals surface area contributed by atoms with E-state index in [4.69, 9.17) is 0 Å². The van der Waals surface area contributed by atoms with E-state index in [1.54, 1.807) is 6.20 Å². The van der Waals surface area contributed by atoms with Crippen molar-refractivity contribution < 1.29 is 4.79 Å². The molecule has 0 amide bonds. The molecule has 0 aliphatic heterocycles. The minimum atomic E-state index is 0.406. The van der Waals surface area contributed by atoms with Gasteiger partial charge in [0, 0.05) is 18.8 Å². The highest BCUT2D eigenvalue weighted by molar-refractivity contribution is 5.81. The molecule has 0 aliphatic rings. The third-order valence-corrected chi connectivity index (χ3v) is 3.09. The van der Waals surface area contributed by atoms with E-state index < -0.39 is 0 Å². The van der Waals surface area contributed by atoms with Crippen molar-refractivity contribution in [1.82, 2.24) is 14.4 Å². The molecule has 0 bridgehead atoms. The number of carbonyl (C=O) groups is 1. The smallest absolute Gasteiger partial charge is 0.172 e. The number of aromatic nitrogens is 3. The zero-order valence-electron chi connectivity index (χ0n) is 10.4. The summed E-state index contributed by atoms with van der Waals surface area (Å²) in [5, 5.41) is 0. The highest BCUT2D eigenvalue weighted by Crippen LogP contribution is 2.11. The summed E-state index contributed by atoms with van der Waals surface area (Å²) < 4.78 is 1.88. The number of nitrogens with zero attached hydrogens (tertiary/aromatic N) is 3. The van der Waals surface area contributed by atoms with Crippen LogP contribution in [0.1, 0.15) is 21.9 Å². The van der Waals surface area contributed by atoms with Gasteiger partial charge < -0.3 is 0 Å². The van der Waals surface area contributed by atoms with Gasteiger partial charge in [-0.1, -0.05) is 30.3 Å². The predicted molar refractivity (Wildman–Crippen MR) is 72.2 cm³/mol. The number of hydrogen-bond donors (Lipinski definition) is 0. The first-order chi connectivity index (χ1) is 9.38. The number of rotatable bonds is 4. The molecule has 0 atom stereocenters. The van der Waals surface area contributed by atoms with E-state index in [0.29, 0.717) is 11.3 Å². The van der Waals surface area contributed by atoms with E-state index in [2.05, 4.69) is 22.1 Å². The van der Waals surface area contributed by atoms with Gasteiger partial charge in [0.1, 0.15) is 11.5 Å². The number of hydrogen-bond acceptors (Lipinski definition) is 3. The Balaban J connectivity index is 1.91. The Bertz CT molecular complexity index is 704. The lowest BCUT2D eigenvalue weighted by Gasteiger charge is -2.01. The molecule has 0 radical (unpaired) electrons. The Kier molecular flexibility index (Phi) is 3.06. The monoisotopic (exact) mass is 251 g/mol. The summed E-state index contributed by atoms with van der Waals surface area (Å²) in [5.41, 5.74) is 2.29. The summed E-state index contributed by atoms with van der Waals surface area (Å²) in [6, 6.07) is 12.1. The molecule has 1 aromatic carbocycles. The molecular weight excluding hydrogens is 238 g/mol. The fourth-order valence-electron chi connectivity index (χ4n) is 2.17. The molecule has 2 aromatic heterocycles. The lowest BCUT2D eigenvalue weighted by atomic mass is 10.1. The molecule has 19 heavy (non-hydrogen) atoms. The van der Waals surface area contributed by atoms with Crippen molar-refractivity contribution in [3.8, 4) is 0 Å². The highest BCUT2D eigenvalue weighted by Gasteiger charge is 2.10. The van der Waals surface area contributed by atoms with Crippen LogP contribution in [0.4, 0.5) is 0 Å². The molecule has 3 aromatic rings. The van der Waals surface area contributed by atoms with Crippen molar-refractivity contribution in [3.63, 3.8) is 0 Å². The summed E-state index contributed by atoms with van der Waals surface area (Å²) in [6.07, 6.45) is 6.00. The number of aldehydes is 1. The van der Waals surface area contributed by atoms with Gasteiger partial charge >= 0.3 is 0 Å². The van der Waals surface area contributed by atoms with Crippen LogP contribution in [-0.4, -0.2) is 20.7 Å². The van der Waals surface area contributed by atoms with Gasteiger partial charge in [0.25, 0.3) is 0 Å². The quantitative estimate of drug-likeness (QED) is 0.668.